The number of carbonyl (C=O) groups excluding carboxylic acids is 1. The quantitative estimate of drug-likeness (QED) is 0.532. The van der Waals surface area contributed by atoms with E-state index in [0.717, 1.165) is 0 Å². The van der Waals surface area contributed by atoms with Gasteiger partial charge in [-0.05, 0) is 60.9 Å². The van der Waals surface area contributed by atoms with Crippen LogP contribution < -0.4 is 10.2 Å². The zero-order chi connectivity index (χ0) is 21.0. The van der Waals surface area contributed by atoms with Gasteiger partial charge in [0, 0.05) is 11.6 Å². The van der Waals surface area contributed by atoms with Crippen molar-refractivity contribution in [3.05, 3.63) is 53.1 Å². The summed E-state index contributed by atoms with van der Waals surface area (Å²) in [4.78, 5) is 12.6. The number of hydrazone groups is 1. The van der Waals surface area contributed by atoms with Gasteiger partial charge >= 0.3 is 0 Å². The van der Waals surface area contributed by atoms with E-state index in [1.54, 1.807) is 12.1 Å². The second-order valence-electron chi connectivity index (χ2n) is 6.39. The van der Waals surface area contributed by atoms with Gasteiger partial charge in [-0.15, -0.1) is 0 Å². The number of nitrogens with zero attached hydrogens (tertiary/aromatic N) is 2. The average Bonchev–Trinajstić information content (AvgIpc) is 3.20. The number of carbonyl (C=O) groups is 1. The van der Waals surface area contributed by atoms with Gasteiger partial charge < -0.3 is 9.84 Å². The Balaban J connectivity index is 1.71. The number of aromatic hydroxyl groups is 1. The van der Waals surface area contributed by atoms with Crippen molar-refractivity contribution in [2.45, 2.75) is 23.8 Å². The van der Waals surface area contributed by atoms with Crippen LogP contribution in [0.4, 0.5) is 0 Å². The summed E-state index contributed by atoms with van der Waals surface area (Å²) in [5.41, 5.74) is 2.98. The summed E-state index contributed by atoms with van der Waals surface area (Å²) in [7, 11) is -2.40. The van der Waals surface area contributed by atoms with Crippen LogP contribution in [-0.2, 0) is 14.8 Å². The van der Waals surface area contributed by atoms with Crippen molar-refractivity contribution in [1.82, 2.24) is 9.73 Å². The largest absolute Gasteiger partial charge is 0.504 e. The topological polar surface area (TPSA) is 108 Å². The van der Waals surface area contributed by atoms with E-state index >= 15 is 0 Å². The number of amides is 1. The van der Waals surface area contributed by atoms with E-state index in [0.29, 0.717) is 23.4 Å². The second-order valence-corrected chi connectivity index (χ2v) is 8.72. The molecule has 1 fully saturated rings. The zero-order valence-corrected chi connectivity index (χ0v) is 17.2. The first kappa shape index (κ1) is 21.1. The van der Waals surface area contributed by atoms with Crippen LogP contribution in [0.3, 0.4) is 0 Å². The van der Waals surface area contributed by atoms with Gasteiger partial charge in [-0.2, -0.15) is 9.41 Å². The fourth-order valence-corrected chi connectivity index (χ4v) is 4.83. The van der Waals surface area contributed by atoms with Gasteiger partial charge in [-0.1, -0.05) is 11.6 Å². The summed E-state index contributed by atoms with van der Waals surface area (Å²) < 4.78 is 32.0. The number of hydrogen-bond acceptors (Lipinski definition) is 6. The van der Waals surface area contributed by atoms with Crippen molar-refractivity contribution in [3.8, 4) is 11.5 Å². The van der Waals surface area contributed by atoms with Crippen LogP contribution in [0.5, 0.6) is 11.5 Å². The summed E-state index contributed by atoms with van der Waals surface area (Å²) >= 11 is 5.83. The highest BCUT2D eigenvalue weighted by Crippen LogP contribution is 2.27. The SMILES string of the molecule is COc1cc(C=NNC(=O)C2CCCN2S(=O)(=O)c2ccc(Cl)cc2)ccc1O. The van der Waals surface area contributed by atoms with E-state index in [4.69, 9.17) is 16.3 Å². The van der Waals surface area contributed by atoms with E-state index < -0.39 is 22.0 Å². The molecule has 2 N–H and O–H groups in total. The highest BCUT2D eigenvalue weighted by molar-refractivity contribution is 7.89. The molecule has 8 nitrogen and oxygen atoms in total. The molecule has 1 atom stereocenters. The number of phenolic OH excluding ortho intramolecular Hbond substituents is 1. The van der Waals surface area contributed by atoms with Crippen molar-refractivity contribution in [2.24, 2.45) is 5.10 Å². The first-order chi connectivity index (χ1) is 13.8. The molecule has 0 saturated carbocycles. The van der Waals surface area contributed by atoms with Gasteiger partial charge in [0.25, 0.3) is 5.91 Å². The minimum atomic E-state index is -3.82. The lowest BCUT2D eigenvalue weighted by atomic mass is 10.2. The number of benzene rings is 2. The molecule has 0 radical (unpaired) electrons. The Bertz CT molecular complexity index is 1020. The molecule has 1 heterocycles. The first-order valence-corrected chi connectivity index (χ1v) is 10.6. The minimum absolute atomic E-state index is 0.0114. The molecule has 29 heavy (non-hydrogen) atoms. The Kier molecular flexibility index (Phi) is 6.41. The summed E-state index contributed by atoms with van der Waals surface area (Å²) in [5.74, 6) is -0.249. The van der Waals surface area contributed by atoms with E-state index in [1.807, 2.05) is 0 Å². The molecular weight excluding hydrogens is 418 g/mol. The molecule has 1 aliphatic heterocycles. The third-order valence-corrected chi connectivity index (χ3v) is 6.69. The summed E-state index contributed by atoms with van der Waals surface area (Å²) in [6.07, 6.45) is 2.36. The van der Waals surface area contributed by atoms with E-state index in [-0.39, 0.29) is 22.9 Å². The molecule has 1 saturated heterocycles. The van der Waals surface area contributed by atoms with Gasteiger partial charge in [-0.3, -0.25) is 4.79 Å². The third kappa shape index (κ3) is 4.69. The number of phenols is 1. The maximum Gasteiger partial charge on any atom is 0.258 e. The predicted octanol–water partition coefficient (Wildman–Crippen LogP) is 2.36. The standard InChI is InChI=1S/C19H20ClN3O5S/c1-28-18-11-13(4-9-17(18)24)12-21-22-19(25)16-3-2-10-23(16)29(26,27)15-7-5-14(20)6-8-15/h4-9,11-12,16,24H,2-3,10H2,1H3,(H,22,25). The summed E-state index contributed by atoms with van der Waals surface area (Å²) in [5, 5.41) is 13.9. The van der Waals surface area contributed by atoms with Crippen LogP contribution in [0.1, 0.15) is 18.4 Å². The highest BCUT2D eigenvalue weighted by atomic mass is 35.5. The number of ether oxygens (including phenoxy) is 1. The van der Waals surface area contributed by atoms with Crippen LogP contribution in [0, 0.1) is 0 Å². The fraction of sp³-hybridized carbons (Fsp3) is 0.263. The molecule has 2 aromatic carbocycles. The number of hydrogen-bond donors (Lipinski definition) is 2. The number of sulfonamides is 1. The van der Waals surface area contributed by atoms with Crippen LogP contribution in [0.25, 0.3) is 0 Å². The van der Waals surface area contributed by atoms with E-state index in [9.17, 15) is 18.3 Å². The van der Waals surface area contributed by atoms with Gasteiger partial charge in [0.05, 0.1) is 18.2 Å². The lowest BCUT2D eigenvalue weighted by molar-refractivity contribution is -0.124. The van der Waals surface area contributed by atoms with Gasteiger partial charge in [-0.25, -0.2) is 13.8 Å². The number of nitrogens with one attached hydrogen (secondary N) is 1. The number of methoxy groups -OCH3 is 1. The maximum atomic E-state index is 12.9. The zero-order valence-electron chi connectivity index (χ0n) is 15.6. The van der Waals surface area contributed by atoms with Crippen LogP contribution in [-0.4, -0.2) is 49.6 Å². The van der Waals surface area contributed by atoms with Crippen molar-refractivity contribution in [2.75, 3.05) is 13.7 Å². The summed E-state index contributed by atoms with van der Waals surface area (Å²) in [6.45, 7) is 0.252. The number of rotatable bonds is 6. The molecule has 154 valence electrons. The molecule has 0 aliphatic carbocycles. The Hall–Kier alpha value is -2.62. The van der Waals surface area contributed by atoms with Crippen LogP contribution in [0.2, 0.25) is 5.02 Å². The van der Waals surface area contributed by atoms with Crippen molar-refractivity contribution >= 4 is 33.7 Å². The Morgan fingerprint density at radius 3 is 2.72 bits per heavy atom. The average molecular weight is 438 g/mol. The molecule has 2 aromatic rings. The normalized spacial score (nSPS) is 17.5. The molecule has 3 rings (SSSR count). The third-order valence-electron chi connectivity index (χ3n) is 4.52. The molecular formula is C19H20ClN3O5S. The van der Waals surface area contributed by atoms with Gasteiger partial charge in [0.15, 0.2) is 11.5 Å². The van der Waals surface area contributed by atoms with Crippen LogP contribution in [0.15, 0.2) is 52.5 Å². The van der Waals surface area contributed by atoms with Gasteiger partial charge in [0.1, 0.15) is 6.04 Å². The maximum absolute atomic E-state index is 12.9. The Morgan fingerprint density at radius 2 is 2.03 bits per heavy atom. The van der Waals surface area contributed by atoms with E-state index in [1.165, 1.54) is 48.0 Å². The molecule has 1 aliphatic rings. The van der Waals surface area contributed by atoms with Crippen LogP contribution >= 0.6 is 11.6 Å². The molecule has 0 bridgehead atoms. The smallest absolute Gasteiger partial charge is 0.258 e. The Labute approximate surface area is 173 Å². The lowest BCUT2D eigenvalue weighted by Gasteiger charge is -2.22. The number of halogens is 1. The van der Waals surface area contributed by atoms with Crippen molar-refractivity contribution < 1.29 is 23.1 Å². The molecule has 10 heteroatoms. The molecule has 0 aromatic heterocycles. The minimum Gasteiger partial charge on any atom is -0.504 e. The fourth-order valence-electron chi connectivity index (χ4n) is 3.05. The monoisotopic (exact) mass is 437 g/mol. The van der Waals surface area contributed by atoms with Crippen molar-refractivity contribution in [1.29, 1.82) is 0 Å². The molecule has 0 spiro atoms. The van der Waals surface area contributed by atoms with Crippen molar-refractivity contribution in [3.63, 3.8) is 0 Å². The first-order valence-electron chi connectivity index (χ1n) is 8.80. The molecule has 1 amide bonds. The Morgan fingerprint density at radius 1 is 1.31 bits per heavy atom. The summed E-state index contributed by atoms with van der Waals surface area (Å²) in [6, 6.07) is 9.58. The molecule has 1 unspecified atom stereocenters. The van der Waals surface area contributed by atoms with Gasteiger partial charge in [0.2, 0.25) is 10.0 Å². The highest BCUT2D eigenvalue weighted by Gasteiger charge is 2.39. The predicted molar refractivity (Wildman–Crippen MR) is 109 cm³/mol. The van der Waals surface area contributed by atoms with E-state index in [2.05, 4.69) is 10.5 Å². The lowest BCUT2D eigenvalue weighted by Crippen LogP contribution is -2.44. The second kappa shape index (κ2) is 8.81.